The number of rotatable bonds is 8. The van der Waals surface area contributed by atoms with Crippen molar-refractivity contribution in [3.63, 3.8) is 0 Å². The van der Waals surface area contributed by atoms with Crippen LogP contribution in [0.2, 0.25) is 0 Å². The van der Waals surface area contributed by atoms with Gasteiger partial charge in [0.05, 0.1) is 0 Å². The third-order valence-electron chi connectivity index (χ3n) is 5.09. The predicted molar refractivity (Wildman–Crippen MR) is 113 cm³/mol. The van der Waals surface area contributed by atoms with Crippen molar-refractivity contribution in [3.8, 4) is 0 Å². The number of thiophene rings is 1. The molecule has 2 atom stereocenters. The van der Waals surface area contributed by atoms with Crippen LogP contribution in [0.25, 0.3) is 0 Å². The highest BCUT2D eigenvalue weighted by molar-refractivity contribution is 7.10. The molecule has 2 aromatic rings. The van der Waals surface area contributed by atoms with Gasteiger partial charge >= 0.3 is 0 Å². The standard InChI is InChI=1S/C20H32N6S/c1-3-21-20(22-10-6-13-26-14-7-11-24-26)23-16-17-8-4-12-25(2)19(17)18-9-5-15-27-18/h5,7,9,11,14-15,17,19H,3-4,6,8,10,12-13,16H2,1-2H3,(H2,21,22,23). The number of aromatic nitrogens is 2. The number of guanidine groups is 1. The molecule has 1 aliphatic rings. The van der Waals surface area contributed by atoms with Gasteiger partial charge < -0.3 is 10.6 Å². The van der Waals surface area contributed by atoms with Gasteiger partial charge in [-0.2, -0.15) is 5.10 Å². The van der Waals surface area contributed by atoms with Crippen molar-refractivity contribution >= 4 is 17.3 Å². The minimum atomic E-state index is 0.491. The zero-order chi connectivity index (χ0) is 18.9. The van der Waals surface area contributed by atoms with E-state index >= 15 is 0 Å². The number of nitrogens with one attached hydrogen (secondary N) is 2. The largest absolute Gasteiger partial charge is 0.357 e. The smallest absolute Gasteiger partial charge is 0.191 e. The van der Waals surface area contributed by atoms with E-state index in [4.69, 9.17) is 4.99 Å². The fraction of sp³-hybridized carbons (Fsp3) is 0.600. The third-order valence-corrected chi connectivity index (χ3v) is 6.03. The predicted octanol–water partition coefficient (Wildman–Crippen LogP) is 2.97. The van der Waals surface area contributed by atoms with Crippen LogP contribution in [-0.4, -0.2) is 53.9 Å². The Morgan fingerprint density at radius 1 is 1.37 bits per heavy atom. The normalized spacial score (nSPS) is 21.3. The van der Waals surface area contributed by atoms with Gasteiger partial charge in [-0.25, -0.2) is 0 Å². The van der Waals surface area contributed by atoms with Crippen LogP contribution in [0.5, 0.6) is 0 Å². The molecule has 1 fully saturated rings. The maximum absolute atomic E-state index is 4.92. The molecular weight excluding hydrogens is 356 g/mol. The van der Waals surface area contributed by atoms with Crippen molar-refractivity contribution in [2.24, 2.45) is 10.9 Å². The van der Waals surface area contributed by atoms with Crippen LogP contribution in [0.4, 0.5) is 0 Å². The molecule has 6 nitrogen and oxygen atoms in total. The summed E-state index contributed by atoms with van der Waals surface area (Å²) >= 11 is 1.87. The second-order valence-electron chi connectivity index (χ2n) is 7.11. The number of hydrogen-bond acceptors (Lipinski definition) is 4. The monoisotopic (exact) mass is 388 g/mol. The van der Waals surface area contributed by atoms with Gasteiger partial charge in [-0.15, -0.1) is 11.3 Å². The van der Waals surface area contributed by atoms with Crippen molar-refractivity contribution in [1.82, 2.24) is 25.3 Å². The van der Waals surface area contributed by atoms with E-state index in [2.05, 4.69) is 52.1 Å². The summed E-state index contributed by atoms with van der Waals surface area (Å²) in [5.41, 5.74) is 0. The molecular formula is C20H32N6S. The number of piperidine rings is 1. The van der Waals surface area contributed by atoms with Crippen molar-refractivity contribution < 1.29 is 0 Å². The molecule has 3 rings (SSSR count). The van der Waals surface area contributed by atoms with Crippen molar-refractivity contribution in [2.75, 3.05) is 33.2 Å². The summed E-state index contributed by atoms with van der Waals surface area (Å²) < 4.78 is 1.97. The van der Waals surface area contributed by atoms with Gasteiger partial charge in [-0.1, -0.05) is 6.07 Å². The van der Waals surface area contributed by atoms with Crippen LogP contribution >= 0.6 is 11.3 Å². The second kappa shape index (κ2) is 10.5. The van der Waals surface area contributed by atoms with Crippen molar-refractivity contribution in [2.45, 2.75) is 38.8 Å². The van der Waals surface area contributed by atoms with Crippen LogP contribution in [0, 0.1) is 5.92 Å². The van der Waals surface area contributed by atoms with E-state index in [1.165, 1.54) is 24.3 Å². The molecule has 2 unspecified atom stereocenters. The lowest BCUT2D eigenvalue weighted by Gasteiger charge is -2.38. The van der Waals surface area contributed by atoms with Gasteiger partial charge in [-0.3, -0.25) is 14.6 Å². The van der Waals surface area contributed by atoms with Crippen LogP contribution in [0.3, 0.4) is 0 Å². The first kappa shape index (κ1) is 19.9. The first-order valence-corrected chi connectivity index (χ1v) is 10.9. The Balaban J connectivity index is 1.54. The molecule has 3 heterocycles. The Bertz CT molecular complexity index is 667. The lowest BCUT2D eigenvalue weighted by Crippen LogP contribution is -2.40. The number of aryl methyl sites for hydroxylation is 1. The van der Waals surface area contributed by atoms with Crippen LogP contribution in [-0.2, 0) is 6.54 Å². The minimum absolute atomic E-state index is 0.491. The van der Waals surface area contributed by atoms with Gasteiger partial charge in [0, 0.05) is 49.5 Å². The zero-order valence-corrected chi connectivity index (χ0v) is 17.3. The number of likely N-dealkylation sites (tertiary alicyclic amines) is 1. The van der Waals surface area contributed by atoms with E-state index in [9.17, 15) is 0 Å². The molecule has 7 heteroatoms. The SMILES string of the molecule is CCNC(=NCC1CCCN(C)C1c1cccs1)NCCCn1cccn1. The Labute approximate surface area is 166 Å². The first-order chi connectivity index (χ1) is 13.3. The van der Waals surface area contributed by atoms with E-state index in [0.717, 1.165) is 38.6 Å². The Kier molecular flexibility index (Phi) is 7.71. The first-order valence-electron chi connectivity index (χ1n) is 10.0. The van der Waals surface area contributed by atoms with E-state index in [0.29, 0.717) is 12.0 Å². The number of nitrogens with zero attached hydrogens (tertiary/aromatic N) is 4. The average molecular weight is 389 g/mol. The molecule has 0 spiro atoms. The van der Waals surface area contributed by atoms with Gasteiger partial charge in [0.25, 0.3) is 0 Å². The molecule has 2 N–H and O–H groups in total. The Morgan fingerprint density at radius 3 is 3.04 bits per heavy atom. The fourth-order valence-electron chi connectivity index (χ4n) is 3.79. The summed E-state index contributed by atoms with van der Waals surface area (Å²) in [6.45, 7) is 6.85. The quantitative estimate of drug-likeness (QED) is 0.415. The maximum atomic E-state index is 4.92. The summed E-state index contributed by atoms with van der Waals surface area (Å²) in [5, 5.41) is 13.3. The van der Waals surface area contributed by atoms with Gasteiger partial charge in [0.15, 0.2) is 5.96 Å². The zero-order valence-electron chi connectivity index (χ0n) is 16.5. The summed E-state index contributed by atoms with van der Waals surface area (Å²) in [6.07, 6.45) is 7.35. The van der Waals surface area contributed by atoms with E-state index in [1.807, 2.05) is 34.5 Å². The molecule has 1 saturated heterocycles. The molecule has 0 saturated carbocycles. The van der Waals surface area contributed by atoms with E-state index in [-0.39, 0.29) is 0 Å². The third kappa shape index (κ3) is 5.81. The van der Waals surface area contributed by atoms with Gasteiger partial charge in [-0.05, 0) is 63.2 Å². The highest BCUT2D eigenvalue weighted by atomic mass is 32.1. The van der Waals surface area contributed by atoms with Gasteiger partial charge in [0.1, 0.15) is 0 Å². The Morgan fingerprint density at radius 2 is 2.30 bits per heavy atom. The van der Waals surface area contributed by atoms with Crippen LogP contribution < -0.4 is 10.6 Å². The molecule has 0 aromatic carbocycles. The number of aliphatic imine (C=N–C) groups is 1. The Hall–Kier alpha value is -1.86. The molecule has 1 aliphatic heterocycles. The maximum Gasteiger partial charge on any atom is 0.191 e. The summed E-state index contributed by atoms with van der Waals surface area (Å²) in [6, 6.07) is 6.88. The topological polar surface area (TPSA) is 57.5 Å². The molecule has 0 bridgehead atoms. The van der Waals surface area contributed by atoms with Crippen LogP contribution in [0.15, 0.2) is 41.0 Å². The summed E-state index contributed by atoms with van der Waals surface area (Å²) in [4.78, 5) is 8.88. The van der Waals surface area contributed by atoms with Gasteiger partial charge in [0.2, 0.25) is 0 Å². The minimum Gasteiger partial charge on any atom is -0.357 e. The molecule has 27 heavy (non-hydrogen) atoms. The highest BCUT2D eigenvalue weighted by Gasteiger charge is 2.31. The number of hydrogen-bond donors (Lipinski definition) is 2. The molecule has 0 aliphatic carbocycles. The van der Waals surface area contributed by atoms with Crippen LogP contribution in [0.1, 0.15) is 37.1 Å². The molecule has 0 amide bonds. The molecule has 148 valence electrons. The summed E-state index contributed by atoms with van der Waals surface area (Å²) in [7, 11) is 2.25. The lowest BCUT2D eigenvalue weighted by molar-refractivity contribution is 0.128. The van der Waals surface area contributed by atoms with Crippen molar-refractivity contribution in [1.29, 1.82) is 0 Å². The van der Waals surface area contributed by atoms with E-state index < -0.39 is 0 Å². The van der Waals surface area contributed by atoms with E-state index in [1.54, 1.807) is 0 Å². The summed E-state index contributed by atoms with van der Waals surface area (Å²) in [5.74, 6) is 1.50. The highest BCUT2D eigenvalue weighted by Crippen LogP contribution is 2.37. The lowest BCUT2D eigenvalue weighted by atomic mass is 9.88. The molecule has 0 radical (unpaired) electrons. The average Bonchev–Trinajstić information content (AvgIpc) is 3.37. The van der Waals surface area contributed by atoms with Crippen molar-refractivity contribution in [3.05, 3.63) is 40.8 Å². The fourth-order valence-corrected chi connectivity index (χ4v) is 4.77. The molecule has 2 aromatic heterocycles. The second-order valence-corrected chi connectivity index (χ2v) is 8.09.